The van der Waals surface area contributed by atoms with Gasteiger partial charge >= 0.3 is 0 Å². The summed E-state index contributed by atoms with van der Waals surface area (Å²) in [6.07, 6.45) is 12.1. The number of piperidine rings is 2. The van der Waals surface area contributed by atoms with Crippen LogP contribution in [-0.4, -0.2) is 74.8 Å². The van der Waals surface area contributed by atoms with E-state index in [2.05, 4.69) is 41.1 Å². The minimum atomic E-state index is -0.551. The molecule has 5 N–H and O–H groups in total. The van der Waals surface area contributed by atoms with E-state index in [0.29, 0.717) is 46.4 Å². The fraction of sp³-hybridized carbons (Fsp3) is 0.455. The monoisotopic (exact) mass is 792 g/mol. The van der Waals surface area contributed by atoms with Gasteiger partial charge in [0.05, 0.1) is 6.20 Å². The number of H-pyrrole nitrogens is 1. The lowest BCUT2D eigenvalue weighted by Gasteiger charge is -2.41. The summed E-state index contributed by atoms with van der Waals surface area (Å²) in [6, 6.07) is 15.8. The second-order valence-electron chi connectivity index (χ2n) is 16.3. The second-order valence-corrected chi connectivity index (χ2v) is 16.3. The zero-order valence-electron chi connectivity index (χ0n) is 32.4. The molecule has 1 atom stereocenters. The van der Waals surface area contributed by atoms with Crippen LogP contribution in [0.1, 0.15) is 88.5 Å². The van der Waals surface area contributed by atoms with E-state index in [1.165, 1.54) is 12.3 Å². The Morgan fingerprint density at radius 3 is 2.28 bits per heavy atom. The van der Waals surface area contributed by atoms with Gasteiger partial charge in [-0.05, 0) is 131 Å². The maximum atomic E-state index is 15.3. The minimum Gasteiger partial charge on any atom is -0.374 e. The number of carbonyl (C=O) groups is 3. The SMILES string of the molecule is O=C1CCC(Nc2ccc(C3CCN([C@H]4CC[C@H](C(=O)N[C@H]5CC[C@H](Nc6ncc(F)c(-c7cccc(-c8ccc[nH]c8=O)c7)n6)CC5)CC4)CC3)c(F)c2)C(=O)N1. The highest BCUT2D eigenvalue weighted by Gasteiger charge is 2.34. The highest BCUT2D eigenvalue weighted by Crippen LogP contribution is 2.36. The number of hydrogen-bond donors (Lipinski definition) is 5. The molecule has 2 saturated heterocycles. The van der Waals surface area contributed by atoms with Crippen LogP contribution in [0.2, 0.25) is 0 Å². The number of imide groups is 1. The van der Waals surface area contributed by atoms with Crippen LogP contribution in [0.25, 0.3) is 22.4 Å². The first-order chi connectivity index (χ1) is 28.2. The average molecular weight is 793 g/mol. The van der Waals surface area contributed by atoms with Gasteiger partial charge in [-0.1, -0.05) is 24.3 Å². The summed E-state index contributed by atoms with van der Waals surface area (Å²) in [5.41, 5.74) is 2.88. The van der Waals surface area contributed by atoms with Crippen molar-refractivity contribution in [3.8, 4) is 22.4 Å². The number of nitrogens with one attached hydrogen (secondary N) is 5. The molecule has 58 heavy (non-hydrogen) atoms. The molecule has 2 aromatic carbocycles. The normalized spacial score (nSPS) is 24.5. The van der Waals surface area contributed by atoms with Gasteiger partial charge in [-0.15, -0.1) is 0 Å². The van der Waals surface area contributed by atoms with Crippen LogP contribution >= 0.6 is 0 Å². The molecule has 2 aliphatic heterocycles. The number of aromatic nitrogens is 3. The molecule has 12 nitrogen and oxygen atoms in total. The maximum absolute atomic E-state index is 15.3. The van der Waals surface area contributed by atoms with Gasteiger partial charge in [0.15, 0.2) is 5.82 Å². The molecule has 0 spiro atoms. The van der Waals surface area contributed by atoms with E-state index in [1.807, 2.05) is 18.2 Å². The summed E-state index contributed by atoms with van der Waals surface area (Å²) in [5, 5.41) is 12.1. The van der Waals surface area contributed by atoms with Crippen molar-refractivity contribution in [2.75, 3.05) is 23.7 Å². The van der Waals surface area contributed by atoms with Crippen molar-refractivity contribution in [2.45, 2.75) is 107 Å². The predicted molar refractivity (Wildman–Crippen MR) is 217 cm³/mol. The number of rotatable bonds is 10. The number of benzene rings is 2. The lowest BCUT2D eigenvalue weighted by Crippen LogP contribution is -2.47. The van der Waals surface area contributed by atoms with E-state index in [4.69, 9.17) is 0 Å². The van der Waals surface area contributed by atoms with E-state index < -0.39 is 11.9 Å². The van der Waals surface area contributed by atoms with Crippen LogP contribution in [0.5, 0.6) is 0 Å². The predicted octanol–water partition coefficient (Wildman–Crippen LogP) is 6.27. The third-order valence-electron chi connectivity index (χ3n) is 12.5. The first kappa shape index (κ1) is 39.3. The van der Waals surface area contributed by atoms with E-state index in [9.17, 15) is 23.6 Å². The fourth-order valence-electron chi connectivity index (χ4n) is 9.26. The highest BCUT2D eigenvalue weighted by molar-refractivity contribution is 6.01. The van der Waals surface area contributed by atoms with Crippen LogP contribution in [-0.2, 0) is 14.4 Å². The van der Waals surface area contributed by atoms with E-state index in [0.717, 1.165) is 77.3 Å². The summed E-state index contributed by atoms with van der Waals surface area (Å²) < 4.78 is 30.2. The molecule has 8 rings (SSSR count). The van der Waals surface area contributed by atoms with Crippen LogP contribution in [0, 0.1) is 17.6 Å². The van der Waals surface area contributed by atoms with Gasteiger partial charge in [0.2, 0.25) is 23.7 Å². The van der Waals surface area contributed by atoms with Crippen LogP contribution in [0.15, 0.2) is 71.8 Å². The number of nitrogens with zero attached hydrogens (tertiary/aromatic N) is 3. The first-order valence-corrected chi connectivity index (χ1v) is 20.7. The lowest BCUT2D eigenvalue weighted by atomic mass is 9.82. The standard InChI is InChI=1S/C44H50F2N8O4/c45-36-24-32(49-38-16-17-39(55)52-43(38)58)12-15-34(36)26-18-21-54(22-19-26)33-13-6-27(7-14-33)41(56)50-30-8-10-31(11-9-30)51-44-48-25-37(46)40(53-44)29-4-1-3-28(23-29)35-5-2-20-47-42(35)57/h1-5,12,15,20,23-27,30-31,33,38,49H,6-11,13-14,16-19,21-22H2,(H,47,57)(H,50,56)(H,48,51,53)(H,52,55,58)/t27-,30-,31-,33-,38?. The number of anilines is 2. The van der Waals surface area contributed by atoms with Crippen molar-refractivity contribution in [1.82, 2.24) is 30.5 Å². The Kier molecular flexibility index (Phi) is 11.9. The molecular formula is C44H50F2N8O4. The quantitative estimate of drug-likeness (QED) is 0.117. The molecular weight excluding hydrogens is 743 g/mol. The fourth-order valence-corrected chi connectivity index (χ4v) is 9.26. The zero-order valence-corrected chi connectivity index (χ0v) is 32.4. The molecule has 0 radical (unpaired) electrons. The largest absolute Gasteiger partial charge is 0.374 e. The Labute approximate surface area is 336 Å². The molecule has 0 bridgehead atoms. The Morgan fingerprint density at radius 1 is 0.776 bits per heavy atom. The number of amides is 3. The summed E-state index contributed by atoms with van der Waals surface area (Å²) in [7, 11) is 0. The Balaban J connectivity index is 0.760. The van der Waals surface area contributed by atoms with Crippen LogP contribution in [0.3, 0.4) is 0 Å². The maximum Gasteiger partial charge on any atom is 0.255 e. The van der Waals surface area contributed by atoms with Crippen molar-refractivity contribution in [1.29, 1.82) is 0 Å². The Hall–Kier alpha value is -5.50. The number of likely N-dealkylation sites (tertiary alicyclic amines) is 1. The molecule has 2 aromatic heterocycles. The first-order valence-electron chi connectivity index (χ1n) is 20.7. The van der Waals surface area contributed by atoms with Crippen LogP contribution < -0.4 is 26.8 Å². The second kappa shape index (κ2) is 17.6. The van der Waals surface area contributed by atoms with Gasteiger partial charge in [0.25, 0.3) is 5.56 Å². The molecule has 2 saturated carbocycles. The third kappa shape index (κ3) is 9.12. The van der Waals surface area contributed by atoms with Gasteiger partial charge in [0, 0.05) is 53.5 Å². The lowest BCUT2D eigenvalue weighted by molar-refractivity contribution is -0.133. The zero-order chi connectivity index (χ0) is 40.2. The minimum absolute atomic E-state index is 0.0100. The summed E-state index contributed by atoms with van der Waals surface area (Å²) >= 11 is 0. The van der Waals surface area contributed by atoms with E-state index in [1.54, 1.807) is 36.5 Å². The van der Waals surface area contributed by atoms with Crippen molar-refractivity contribution in [3.63, 3.8) is 0 Å². The number of aromatic amines is 1. The van der Waals surface area contributed by atoms with Crippen molar-refractivity contribution in [3.05, 3.63) is 94.5 Å². The molecule has 304 valence electrons. The third-order valence-corrected chi connectivity index (χ3v) is 12.5. The Bertz CT molecular complexity index is 2190. The molecule has 4 heterocycles. The van der Waals surface area contributed by atoms with Crippen molar-refractivity contribution >= 4 is 29.4 Å². The molecule has 2 aliphatic carbocycles. The van der Waals surface area contributed by atoms with Gasteiger partial charge in [-0.2, -0.15) is 0 Å². The molecule has 3 amide bonds. The highest BCUT2D eigenvalue weighted by atomic mass is 19.1. The molecule has 14 heteroatoms. The summed E-state index contributed by atoms with van der Waals surface area (Å²) in [6.45, 7) is 1.79. The average Bonchev–Trinajstić information content (AvgIpc) is 3.24. The van der Waals surface area contributed by atoms with Gasteiger partial charge in [0.1, 0.15) is 17.6 Å². The van der Waals surface area contributed by atoms with Gasteiger partial charge < -0.3 is 25.8 Å². The summed E-state index contributed by atoms with van der Waals surface area (Å²) in [4.78, 5) is 63.2. The number of hydrogen-bond acceptors (Lipinski definition) is 9. The molecule has 4 aliphatic rings. The smallest absolute Gasteiger partial charge is 0.255 e. The number of pyridine rings is 1. The Morgan fingerprint density at radius 2 is 1.53 bits per heavy atom. The van der Waals surface area contributed by atoms with Gasteiger partial charge in [-0.25, -0.2) is 18.7 Å². The molecule has 4 aromatic rings. The van der Waals surface area contributed by atoms with Gasteiger partial charge in [-0.3, -0.25) is 24.5 Å². The number of carbonyl (C=O) groups excluding carboxylic acids is 3. The van der Waals surface area contributed by atoms with Crippen LogP contribution in [0.4, 0.5) is 20.4 Å². The van der Waals surface area contributed by atoms with E-state index in [-0.39, 0.29) is 65.1 Å². The summed E-state index contributed by atoms with van der Waals surface area (Å²) in [5.74, 6) is -0.853. The topological polar surface area (TPSA) is 161 Å². The van der Waals surface area contributed by atoms with Crippen molar-refractivity contribution in [2.24, 2.45) is 5.92 Å². The molecule has 4 fully saturated rings. The van der Waals surface area contributed by atoms with E-state index >= 15 is 4.39 Å². The van der Waals surface area contributed by atoms with Crippen molar-refractivity contribution < 1.29 is 23.2 Å². The molecule has 1 unspecified atom stereocenters. The number of halogens is 2.